The van der Waals surface area contributed by atoms with Crippen molar-refractivity contribution < 1.29 is 13.2 Å². The number of sulfonamides is 1. The van der Waals surface area contributed by atoms with E-state index in [2.05, 4.69) is 10.0 Å². The Hall–Kier alpha value is -3.90. The van der Waals surface area contributed by atoms with Crippen LogP contribution in [-0.2, 0) is 10.0 Å². The molecule has 0 aliphatic heterocycles. The summed E-state index contributed by atoms with van der Waals surface area (Å²) in [5, 5.41) is 3.13. The van der Waals surface area contributed by atoms with Gasteiger partial charge in [-0.15, -0.1) is 0 Å². The second-order valence-corrected chi connectivity index (χ2v) is 9.81. The highest BCUT2D eigenvalue weighted by Gasteiger charge is 2.21. The topological polar surface area (TPSA) is 75.3 Å². The molecule has 0 spiro atoms. The van der Waals surface area contributed by atoms with Crippen LogP contribution in [0.5, 0.6) is 0 Å². The van der Waals surface area contributed by atoms with E-state index in [9.17, 15) is 13.2 Å². The molecule has 0 aliphatic rings. The zero-order valence-electron chi connectivity index (χ0n) is 19.0. The molecule has 4 rings (SSSR count). The summed E-state index contributed by atoms with van der Waals surface area (Å²) >= 11 is 0. The first-order valence-corrected chi connectivity index (χ1v) is 12.4. The van der Waals surface area contributed by atoms with Crippen molar-refractivity contribution in [1.82, 2.24) is 5.32 Å². The van der Waals surface area contributed by atoms with E-state index < -0.39 is 10.0 Å². The van der Waals surface area contributed by atoms with E-state index in [0.29, 0.717) is 16.8 Å². The number of rotatable bonds is 7. The van der Waals surface area contributed by atoms with Crippen molar-refractivity contribution in [3.63, 3.8) is 0 Å². The smallest absolute Gasteiger partial charge is 0.261 e. The van der Waals surface area contributed by atoms with Gasteiger partial charge in [0.25, 0.3) is 15.9 Å². The normalized spacial score (nSPS) is 12.1. The summed E-state index contributed by atoms with van der Waals surface area (Å²) in [6.45, 7) is 3.76. The van der Waals surface area contributed by atoms with Crippen LogP contribution < -0.4 is 10.0 Å². The number of benzene rings is 4. The third kappa shape index (κ3) is 5.18. The Bertz CT molecular complexity index is 1390. The van der Waals surface area contributed by atoms with Crippen molar-refractivity contribution in [3.05, 3.63) is 131 Å². The van der Waals surface area contributed by atoms with E-state index in [1.165, 1.54) is 12.1 Å². The van der Waals surface area contributed by atoms with E-state index in [1.54, 1.807) is 43.3 Å². The third-order valence-electron chi connectivity index (χ3n) is 5.70. The first kappa shape index (κ1) is 23.3. The molecule has 2 N–H and O–H groups in total. The average Bonchev–Trinajstić information content (AvgIpc) is 2.85. The third-order valence-corrected chi connectivity index (χ3v) is 7.08. The maximum atomic E-state index is 13.4. The number of hydrogen-bond acceptors (Lipinski definition) is 3. The van der Waals surface area contributed by atoms with Crippen LogP contribution in [0.15, 0.2) is 108 Å². The minimum atomic E-state index is -3.77. The summed E-state index contributed by atoms with van der Waals surface area (Å²) in [7, 11) is -3.77. The average molecular weight is 471 g/mol. The molecule has 0 radical (unpaired) electrons. The van der Waals surface area contributed by atoms with Crippen molar-refractivity contribution >= 4 is 21.6 Å². The van der Waals surface area contributed by atoms with Gasteiger partial charge < -0.3 is 5.32 Å². The first-order valence-electron chi connectivity index (χ1n) is 10.9. The summed E-state index contributed by atoms with van der Waals surface area (Å²) in [6.07, 6.45) is 0. The molecule has 34 heavy (non-hydrogen) atoms. The predicted octanol–water partition coefficient (Wildman–Crippen LogP) is 5.62. The quantitative estimate of drug-likeness (QED) is 0.368. The van der Waals surface area contributed by atoms with Gasteiger partial charge in [0.2, 0.25) is 0 Å². The van der Waals surface area contributed by atoms with E-state index in [4.69, 9.17) is 0 Å². The number of amides is 1. The van der Waals surface area contributed by atoms with E-state index in [1.807, 2.05) is 61.5 Å². The number of anilines is 1. The molecule has 1 atom stereocenters. The Labute approximate surface area is 200 Å². The number of aryl methyl sites for hydroxylation is 1. The molecule has 0 unspecified atom stereocenters. The summed E-state index contributed by atoms with van der Waals surface area (Å²) in [5.74, 6) is -0.285. The number of carbonyl (C=O) groups is 1. The van der Waals surface area contributed by atoms with Gasteiger partial charge >= 0.3 is 0 Å². The minimum absolute atomic E-state index is 0.160. The van der Waals surface area contributed by atoms with Crippen LogP contribution in [0.25, 0.3) is 0 Å². The van der Waals surface area contributed by atoms with E-state index >= 15 is 0 Å². The fourth-order valence-electron chi connectivity index (χ4n) is 3.77. The SMILES string of the molecule is Cc1ccc([C@@H](NC(=O)c2cccc(NS(=O)(=O)c3ccccc3)c2C)c2ccccc2)cc1. The molecule has 6 heteroatoms. The molecule has 5 nitrogen and oxygen atoms in total. The molecule has 4 aromatic carbocycles. The standard InChI is InChI=1S/C28H26N2O3S/c1-20-16-18-23(19-17-20)27(22-10-5-3-6-11-22)29-28(31)25-14-9-15-26(21(25)2)30-34(32,33)24-12-7-4-8-13-24/h3-19,27,30H,1-2H3,(H,29,31)/t27-/m0/s1. The number of carbonyl (C=O) groups excluding carboxylic acids is 1. The maximum absolute atomic E-state index is 13.4. The van der Waals surface area contributed by atoms with Gasteiger partial charge in [0, 0.05) is 5.56 Å². The highest BCUT2D eigenvalue weighted by atomic mass is 32.2. The van der Waals surface area contributed by atoms with Gasteiger partial charge in [-0.3, -0.25) is 9.52 Å². The zero-order valence-corrected chi connectivity index (χ0v) is 19.8. The molecule has 0 saturated heterocycles. The summed E-state index contributed by atoms with van der Waals surface area (Å²) < 4.78 is 28.2. The van der Waals surface area contributed by atoms with Gasteiger partial charge in [-0.05, 0) is 54.8 Å². The van der Waals surface area contributed by atoms with Crippen LogP contribution in [-0.4, -0.2) is 14.3 Å². The lowest BCUT2D eigenvalue weighted by atomic mass is 9.97. The number of hydrogen-bond donors (Lipinski definition) is 2. The molecule has 0 bridgehead atoms. The lowest BCUT2D eigenvalue weighted by molar-refractivity contribution is 0.0942. The van der Waals surface area contributed by atoms with Gasteiger partial charge in [-0.25, -0.2) is 8.42 Å². The van der Waals surface area contributed by atoms with Crippen LogP contribution >= 0.6 is 0 Å². The minimum Gasteiger partial charge on any atom is -0.341 e. The Kier molecular flexibility index (Phi) is 6.80. The summed E-state index contributed by atoms with van der Waals surface area (Å²) in [4.78, 5) is 13.5. The van der Waals surface area contributed by atoms with Crippen molar-refractivity contribution in [3.8, 4) is 0 Å². The Balaban J connectivity index is 1.64. The molecule has 0 heterocycles. The molecular weight excluding hydrogens is 444 g/mol. The first-order chi connectivity index (χ1) is 16.3. The zero-order chi connectivity index (χ0) is 24.1. The number of nitrogens with one attached hydrogen (secondary N) is 2. The highest BCUT2D eigenvalue weighted by molar-refractivity contribution is 7.92. The predicted molar refractivity (Wildman–Crippen MR) is 135 cm³/mol. The molecule has 0 saturated carbocycles. The lowest BCUT2D eigenvalue weighted by Crippen LogP contribution is -2.30. The largest absolute Gasteiger partial charge is 0.341 e. The molecule has 4 aromatic rings. The van der Waals surface area contributed by atoms with Gasteiger partial charge in [-0.1, -0.05) is 84.4 Å². The van der Waals surface area contributed by atoms with Crippen molar-refractivity contribution in [2.75, 3.05) is 4.72 Å². The molecule has 0 aromatic heterocycles. The molecule has 172 valence electrons. The van der Waals surface area contributed by atoms with Gasteiger partial charge in [0.1, 0.15) is 0 Å². The van der Waals surface area contributed by atoms with Crippen molar-refractivity contribution in [2.24, 2.45) is 0 Å². The van der Waals surface area contributed by atoms with Crippen molar-refractivity contribution in [2.45, 2.75) is 24.8 Å². The fraction of sp³-hybridized carbons (Fsp3) is 0.107. The van der Waals surface area contributed by atoms with Crippen LogP contribution in [0.3, 0.4) is 0 Å². The lowest BCUT2D eigenvalue weighted by Gasteiger charge is -2.21. The molecule has 0 fully saturated rings. The van der Waals surface area contributed by atoms with Crippen LogP contribution in [0.1, 0.15) is 38.7 Å². The Morgan fingerprint density at radius 1 is 0.706 bits per heavy atom. The van der Waals surface area contributed by atoms with Crippen LogP contribution in [0.4, 0.5) is 5.69 Å². The molecule has 1 amide bonds. The summed E-state index contributed by atoms with van der Waals surface area (Å²) in [5.41, 5.74) is 4.37. The maximum Gasteiger partial charge on any atom is 0.261 e. The Morgan fingerprint density at radius 2 is 1.29 bits per heavy atom. The monoisotopic (exact) mass is 470 g/mol. The van der Waals surface area contributed by atoms with Gasteiger partial charge in [0.15, 0.2) is 0 Å². The Morgan fingerprint density at radius 3 is 1.94 bits per heavy atom. The summed E-state index contributed by atoms with van der Waals surface area (Å²) in [6, 6.07) is 30.6. The second-order valence-electron chi connectivity index (χ2n) is 8.12. The van der Waals surface area contributed by atoms with Crippen LogP contribution in [0, 0.1) is 13.8 Å². The van der Waals surface area contributed by atoms with Crippen molar-refractivity contribution in [1.29, 1.82) is 0 Å². The fourth-order valence-corrected chi connectivity index (χ4v) is 4.91. The highest BCUT2D eigenvalue weighted by Crippen LogP contribution is 2.26. The molecular formula is C28H26N2O3S. The molecule has 0 aliphatic carbocycles. The van der Waals surface area contributed by atoms with E-state index in [-0.39, 0.29) is 16.8 Å². The second kappa shape index (κ2) is 9.93. The van der Waals surface area contributed by atoms with E-state index in [0.717, 1.165) is 16.7 Å². The van der Waals surface area contributed by atoms with Gasteiger partial charge in [-0.2, -0.15) is 0 Å². The van der Waals surface area contributed by atoms with Crippen LogP contribution in [0.2, 0.25) is 0 Å². The van der Waals surface area contributed by atoms with Gasteiger partial charge in [0.05, 0.1) is 16.6 Å².